The van der Waals surface area contributed by atoms with Gasteiger partial charge in [0.15, 0.2) is 0 Å². The van der Waals surface area contributed by atoms with Crippen molar-refractivity contribution >= 4 is 29.1 Å². The highest BCUT2D eigenvalue weighted by atomic mass is 35.5. The SMILES string of the molecule is CCCOc1ccc(Nc2ncc(C(=O)O)cc2Cl)cc1. The van der Waals surface area contributed by atoms with Crippen molar-refractivity contribution in [1.29, 1.82) is 0 Å². The third-order valence-electron chi connectivity index (χ3n) is 2.68. The molecule has 0 radical (unpaired) electrons. The first-order valence-electron chi connectivity index (χ1n) is 6.49. The second-order valence-corrected chi connectivity index (χ2v) is 4.76. The smallest absolute Gasteiger partial charge is 0.337 e. The number of carboxylic acids is 1. The third-order valence-corrected chi connectivity index (χ3v) is 2.97. The van der Waals surface area contributed by atoms with E-state index in [9.17, 15) is 4.79 Å². The van der Waals surface area contributed by atoms with Crippen molar-refractivity contribution in [3.63, 3.8) is 0 Å². The zero-order valence-corrected chi connectivity index (χ0v) is 12.2. The van der Waals surface area contributed by atoms with Crippen LogP contribution in [0.1, 0.15) is 23.7 Å². The van der Waals surface area contributed by atoms with E-state index in [1.807, 2.05) is 31.2 Å². The van der Waals surface area contributed by atoms with Gasteiger partial charge in [0.25, 0.3) is 0 Å². The first kappa shape index (κ1) is 15.1. The van der Waals surface area contributed by atoms with Crippen molar-refractivity contribution in [1.82, 2.24) is 4.98 Å². The standard InChI is InChI=1S/C15H15ClN2O3/c1-2-7-21-12-5-3-11(4-6-12)18-14-13(16)8-10(9-17-14)15(19)20/h3-6,8-9H,2,7H2,1H3,(H,17,18)(H,19,20). The Morgan fingerprint density at radius 3 is 2.67 bits per heavy atom. The second-order valence-electron chi connectivity index (χ2n) is 4.36. The van der Waals surface area contributed by atoms with E-state index in [0.717, 1.165) is 17.9 Å². The number of hydrogen-bond donors (Lipinski definition) is 2. The Bertz CT molecular complexity index is 629. The molecule has 6 heteroatoms. The molecule has 0 spiro atoms. The van der Waals surface area contributed by atoms with Crippen LogP contribution in [-0.2, 0) is 0 Å². The Labute approximate surface area is 127 Å². The van der Waals surface area contributed by atoms with Gasteiger partial charge >= 0.3 is 5.97 Å². The van der Waals surface area contributed by atoms with Gasteiger partial charge in [0.1, 0.15) is 11.6 Å². The van der Waals surface area contributed by atoms with Crippen molar-refractivity contribution in [2.24, 2.45) is 0 Å². The van der Waals surface area contributed by atoms with Crippen LogP contribution in [0.25, 0.3) is 0 Å². The first-order valence-corrected chi connectivity index (χ1v) is 6.86. The molecule has 2 N–H and O–H groups in total. The molecule has 1 aromatic heterocycles. The van der Waals surface area contributed by atoms with Crippen molar-refractivity contribution in [3.8, 4) is 5.75 Å². The molecular weight excluding hydrogens is 292 g/mol. The summed E-state index contributed by atoms with van der Waals surface area (Å²) in [6.45, 7) is 2.72. The number of pyridine rings is 1. The van der Waals surface area contributed by atoms with Crippen LogP contribution in [0.3, 0.4) is 0 Å². The number of nitrogens with one attached hydrogen (secondary N) is 1. The van der Waals surface area contributed by atoms with E-state index in [0.29, 0.717) is 12.4 Å². The molecule has 5 nitrogen and oxygen atoms in total. The van der Waals surface area contributed by atoms with Gasteiger partial charge in [-0.15, -0.1) is 0 Å². The van der Waals surface area contributed by atoms with Crippen LogP contribution in [0.15, 0.2) is 36.5 Å². The van der Waals surface area contributed by atoms with Crippen LogP contribution in [-0.4, -0.2) is 22.7 Å². The molecular formula is C15H15ClN2O3. The van der Waals surface area contributed by atoms with E-state index in [4.69, 9.17) is 21.4 Å². The average molecular weight is 307 g/mol. The predicted molar refractivity (Wildman–Crippen MR) is 81.7 cm³/mol. The lowest BCUT2D eigenvalue weighted by molar-refractivity contribution is 0.0696. The lowest BCUT2D eigenvalue weighted by Gasteiger charge is -2.09. The second kappa shape index (κ2) is 6.95. The van der Waals surface area contributed by atoms with Crippen LogP contribution in [0.2, 0.25) is 5.02 Å². The fraction of sp³-hybridized carbons (Fsp3) is 0.200. The predicted octanol–water partition coefficient (Wildman–Crippen LogP) is 3.97. The van der Waals surface area contributed by atoms with Crippen LogP contribution in [0, 0.1) is 0 Å². The highest BCUT2D eigenvalue weighted by Gasteiger charge is 2.08. The van der Waals surface area contributed by atoms with Crippen LogP contribution < -0.4 is 10.1 Å². The molecule has 0 aliphatic rings. The van der Waals surface area contributed by atoms with E-state index in [1.165, 1.54) is 12.3 Å². The number of nitrogens with zero attached hydrogens (tertiary/aromatic N) is 1. The molecule has 0 aliphatic carbocycles. The van der Waals surface area contributed by atoms with Gasteiger partial charge in [-0.05, 0) is 36.8 Å². The van der Waals surface area contributed by atoms with Gasteiger partial charge in [-0.3, -0.25) is 0 Å². The Hall–Kier alpha value is -2.27. The summed E-state index contributed by atoms with van der Waals surface area (Å²) < 4.78 is 5.49. The summed E-state index contributed by atoms with van der Waals surface area (Å²) in [6.07, 6.45) is 2.21. The van der Waals surface area contributed by atoms with Crippen molar-refractivity contribution < 1.29 is 14.6 Å². The number of halogens is 1. The molecule has 110 valence electrons. The summed E-state index contributed by atoms with van der Waals surface area (Å²) in [6, 6.07) is 8.73. The van der Waals surface area contributed by atoms with Crippen molar-refractivity contribution in [2.45, 2.75) is 13.3 Å². The van der Waals surface area contributed by atoms with Gasteiger partial charge in [-0.1, -0.05) is 18.5 Å². The molecule has 1 aromatic carbocycles. The van der Waals surface area contributed by atoms with Gasteiger partial charge in [-0.2, -0.15) is 0 Å². The molecule has 0 saturated carbocycles. The lowest BCUT2D eigenvalue weighted by atomic mass is 10.2. The number of rotatable bonds is 6. The number of benzene rings is 1. The number of carboxylic acid groups (broad SMARTS) is 1. The monoisotopic (exact) mass is 306 g/mol. The van der Waals surface area contributed by atoms with E-state index >= 15 is 0 Å². The third kappa shape index (κ3) is 4.10. The largest absolute Gasteiger partial charge is 0.494 e. The molecule has 0 aliphatic heterocycles. The summed E-state index contributed by atoms with van der Waals surface area (Å²) in [5, 5.41) is 12.1. The molecule has 0 amide bonds. The molecule has 0 atom stereocenters. The number of aromatic carboxylic acids is 1. The Balaban J connectivity index is 2.09. The summed E-state index contributed by atoms with van der Waals surface area (Å²) in [4.78, 5) is 14.8. The Morgan fingerprint density at radius 2 is 2.10 bits per heavy atom. The maximum absolute atomic E-state index is 10.8. The van der Waals surface area contributed by atoms with E-state index in [-0.39, 0.29) is 10.6 Å². The quantitative estimate of drug-likeness (QED) is 0.845. The molecule has 2 aromatic rings. The molecule has 0 saturated heterocycles. The van der Waals surface area contributed by atoms with Gasteiger partial charge < -0.3 is 15.2 Å². The minimum atomic E-state index is -1.06. The van der Waals surface area contributed by atoms with Crippen molar-refractivity contribution in [3.05, 3.63) is 47.1 Å². The topological polar surface area (TPSA) is 71.5 Å². The lowest BCUT2D eigenvalue weighted by Crippen LogP contribution is -2.00. The van der Waals surface area contributed by atoms with Crippen LogP contribution >= 0.6 is 11.6 Å². The number of hydrogen-bond acceptors (Lipinski definition) is 4. The fourth-order valence-electron chi connectivity index (χ4n) is 1.64. The fourth-order valence-corrected chi connectivity index (χ4v) is 1.85. The zero-order valence-electron chi connectivity index (χ0n) is 11.5. The Morgan fingerprint density at radius 1 is 1.38 bits per heavy atom. The first-order chi connectivity index (χ1) is 10.1. The van der Waals surface area contributed by atoms with Crippen LogP contribution in [0.5, 0.6) is 5.75 Å². The Kier molecular flexibility index (Phi) is 5.00. The van der Waals surface area contributed by atoms with Crippen LogP contribution in [0.4, 0.5) is 11.5 Å². The number of ether oxygens (including phenoxy) is 1. The number of carbonyl (C=O) groups is 1. The van der Waals surface area contributed by atoms with E-state index in [1.54, 1.807) is 0 Å². The number of aromatic nitrogens is 1. The molecule has 21 heavy (non-hydrogen) atoms. The minimum absolute atomic E-state index is 0.0499. The van der Waals surface area contributed by atoms with Crippen molar-refractivity contribution in [2.75, 3.05) is 11.9 Å². The van der Waals surface area contributed by atoms with Gasteiger partial charge in [-0.25, -0.2) is 9.78 Å². The zero-order chi connectivity index (χ0) is 15.2. The molecule has 1 heterocycles. The average Bonchev–Trinajstić information content (AvgIpc) is 2.48. The normalized spacial score (nSPS) is 10.2. The molecule has 0 unspecified atom stereocenters. The maximum Gasteiger partial charge on any atom is 0.337 e. The summed E-state index contributed by atoms with van der Waals surface area (Å²) in [7, 11) is 0. The molecule has 2 rings (SSSR count). The summed E-state index contributed by atoms with van der Waals surface area (Å²) in [5.74, 6) is 0.139. The highest BCUT2D eigenvalue weighted by Crippen LogP contribution is 2.25. The minimum Gasteiger partial charge on any atom is -0.494 e. The summed E-state index contributed by atoms with van der Waals surface area (Å²) in [5.41, 5.74) is 0.838. The number of anilines is 2. The molecule has 0 fully saturated rings. The maximum atomic E-state index is 10.8. The summed E-state index contributed by atoms with van der Waals surface area (Å²) >= 11 is 6.01. The van der Waals surface area contributed by atoms with Gasteiger partial charge in [0, 0.05) is 11.9 Å². The van der Waals surface area contributed by atoms with Gasteiger partial charge in [0.2, 0.25) is 0 Å². The van der Waals surface area contributed by atoms with Gasteiger partial charge in [0.05, 0.1) is 17.2 Å². The van der Waals surface area contributed by atoms with E-state index in [2.05, 4.69) is 10.3 Å². The molecule has 0 bridgehead atoms. The van der Waals surface area contributed by atoms with E-state index < -0.39 is 5.97 Å². The highest BCUT2D eigenvalue weighted by molar-refractivity contribution is 6.33.